The van der Waals surface area contributed by atoms with Crippen LogP contribution in [0.3, 0.4) is 0 Å². The minimum Gasteiger partial charge on any atom is -0.497 e. The molecule has 0 bridgehead atoms. The second-order valence-electron chi connectivity index (χ2n) is 6.32. The van der Waals surface area contributed by atoms with Gasteiger partial charge in [0.2, 0.25) is 0 Å². The van der Waals surface area contributed by atoms with Crippen molar-refractivity contribution in [2.75, 3.05) is 33.2 Å². The van der Waals surface area contributed by atoms with E-state index in [1.54, 1.807) is 32.7 Å². The highest BCUT2D eigenvalue weighted by molar-refractivity contribution is 5.95. The maximum atomic E-state index is 11.9. The summed E-state index contributed by atoms with van der Waals surface area (Å²) in [6, 6.07) is 1.65. The summed E-state index contributed by atoms with van der Waals surface area (Å²) < 4.78 is 15.8. The van der Waals surface area contributed by atoms with Gasteiger partial charge in [-0.3, -0.25) is 4.98 Å². The van der Waals surface area contributed by atoms with Crippen LogP contribution in [-0.4, -0.2) is 38.8 Å². The zero-order valence-electron chi connectivity index (χ0n) is 16.3. The second-order valence-corrected chi connectivity index (χ2v) is 6.32. The Labute approximate surface area is 160 Å². The Bertz CT molecular complexity index is 725. The van der Waals surface area contributed by atoms with Gasteiger partial charge in [0.1, 0.15) is 11.5 Å². The lowest BCUT2D eigenvalue weighted by Gasteiger charge is -2.23. The molecule has 2 rings (SSSR count). The summed E-state index contributed by atoms with van der Waals surface area (Å²) in [4.78, 5) is 16.0. The Balaban J connectivity index is 2.19. The minimum atomic E-state index is -0.392. The molecule has 1 aliphatic carbocycles. The van der Waals surface area contributed by atoms with Crippen molar-refractivity contribution in [2.45, 2.75) is 25.7 Å². The number of nitrogens with zero attached hydrogens (tertiary/aromatic N) is 1. The third kappa shape index (κ3) is 5.61. The molecule has 1 unspecified atom stereocenters. The van der Waals surface area contributed by atoms with Gasteiger partial charge in [0.15, 0.2) is 0 Å². The number of ether oxygens (including phenoxy) is 3. The topological polar surface area (TPSA) is 69.7 Å². The highest BCUT2D eigenvalue weighted by atomic mass is 16.5. The summed E-state index contributed by atoms with van der Waals surface area (Å²) in [6.07, 6.45) is 11.2. The molecule has 0 radical (unpaired) electrons. The second kappa shape index (κ2) is 10.4. The zero-order valence-corrected chi connectivity index (χ0v) is 16.3. The van der Waals surface area contributed by atoms with Crippen molar-refractivity contribution < 1.29 is 19.0 Å². The summed E-state index contributed by atoms with van der Waals surface area (Å²) in [6.45, 7) is 4.87. The maximum Gasteiger partial charge on any atom is 0.340 e. The predicted molar refractivity (Wildman–Crippen MR) is 105 cm³/mol. The smallest absolute Gasteiger partial charge is 0.340 e. The van der Waals surface area contributed by atoms with Gasteiger partial charge in [-0.15, -0.1) is 0 Å². The fourth-order valence-corrected chi connectivity index (χ4v) is 3.05. The molecule has 146 valence electrons. The standard InChI is InChI=1S/C21H28N2O4/c1-15-16(8-6-5-7-9-17(25-2)12-20(15)26-3)13-23-19-14-22-11-10-18(19)21(24)27-4/h9-12,14,16,23H,1,5-8,13H2,2-4H3/b17-9+,20-12+. The number of allylic oxidation sites excluding steroid dienone is 3. The largest absolute Gasteiger partial charge is 0.497 e. The molecule has 1 aliphatic rings. The molecule has 1 heterocycles. The first-order valence-electron chi connectivity index (χ1n) is 9.05. The number of methoxy groups -OCH3 is 3. The fourth-order valence-electron chi connectivity index (χ4n) is 3.05. The van der Waals surface area contributed by atoms with Crippen molar-refractivity contribution in [3.8, 4) is 0 Å². The molecule has 27 heavy (non-hydrogen) atoms. The van der Waals surface area contributed by atoms with Crippen LogP contribution in [0.2, 0.25) is 0 Å². The number of carbonyl (C=O) groups excluding carboxylic acids is 1. The van der Waals surface area contributed by atoms with E-state index < -0.39 is 5.97 Å². The van der Waals surface area contributed by atoms with E-state index in [0.717, 1.165) is 37.0 Å². The minimum absolute atomic E-state index is 0.151. The number of hydrogen-bond donors (Lipinski definition) is 1. The monoisotopic (exact) mass is 372 g/mol. The first-order chi connectivity index (χ1) is 13.1. The van der Waals surface area contributed by atoms with Gasteiger partial charge in [-0.1, -0.05) is 13.0 Å². The number of nitrogens with one attached hydrogen (secondary N) is 1. The van der Waals surface area contributed by atoms with Gasteiger partial charge in [0.05, 0.1) is 38.8 Å². The predicted octanol–water partition coefficient (Wildman–Crippen LogP) is 4.09. The van der Waals surface area contributed by atoms with E-state index in [1.807, 2.05) is 6.08 Å². The Morgan fingerprint density at radius 2 is 2.11 bits per heavy atom. The van der Waals surface area contributed by atoms with Crippen LogP contribution in [0, 0.1) is 5.92 Å². The highest BCUT2D eigenvalue weighted by Gasteiger charge is 2.20. The number of aromatic nitrogens is 1. The van der Waals surface area contributed by atoms with Crippen molar-refractivity contribution in [3.63, 3.8) is 0 Å². The Kier molecular flexibility index (Phi) is 7.92. The van der Waals surface area contributed by atoms with Gasteiger partial charge in [0, 0.05) is 24.7 Å². The van der Waals surface area contributed by atoms with Crippen LogP contribution in [0.1, 0.15) is 36.0 Å². The maximum absolute atomic E-state index is 11.9. The number of pyridine rings is 1. The van der Waals surface area contributed by atoms with Crippen molar-refractivity contribution in [1.29, 1.82) is 0 Å². The van der Waals surface area contributed by atoms with E-state index >= 15 is 0 Å². The fraction of sp³-hybridized carbons (Fsp3) is 0.429. The van der Waals surface area contributed by atoms with E-state index in [4.69, 9.17) is 14.2 Å². The number of hydrogen-bond acceptors (Lipinski definition) is 6. The lowest BCUT2D eigenvalue weighted by atomic mass is 9.91. The van der Waals surface area contributed by atoms with Crippen LogP contribution in [0.25, 0.3) is 0 Å². The molecule has 0 saturated carbocycles. The van der Waals surface area contributed by atoms with E-state index in [9.17, 15) is 4.79 Å². The summed E-state index contributed by atoms with van der Waals surface area (Å²) in [5.74, 6) is 1.24. The Hall–Kier alpha value is -2.76. The first-order valence-corrected chi connectivity index (χ1v) is 9.05. The molecule has 0 spiro atoms. The van der Waals surface area contributed by atoms with Gasteiger partial charge in [-0.2, -0.15) is 0 Å². The van der Waals surface area contributed by atoms with E-state index in [0.29, 0.717) is 23.6 Å². The molecule has 0 saturated heterocycles. The van der Waals surface area contributed by atoms with Crippen LogP contribution in [0.15, 0.2) is 54.3 Å². The summed E-state index contributed by atoms with van der Waals surface area (Å²) in [5, 5.41) is 3.33. The number of anilines is 1. The van der Waals surface area contributed by atoms with Crippen LogP contribution in [-0.2, 0) is 14.2 Å². The average Bonchev–Trinajstić information content (AvgIpc) is 2.71. The lowest BCUT2D eigenvalue weighted by Crippen LogP contribution is -2.20. The number of esters is 1. The quantitative estimate of drug-likeness (QED) is 0.759. The van der Waals surface area contributed by atoms with Gasteiger partial charge in [-0.05, 0) is 37.0 Å². The van der Waals surface area contributed by atoms with Crippen LogP contribution < -0.4 is 5.32 Å². The van der Waals surface area contributed by atoms with Gasteiger partial charge >= 0.3 is 5.97 Å². The van der Waals surface area contributed by atoms with Crippen molar-refractivity contribution in [2.24, 2.45) is 5.92 Å². The Morgan fingerprint density at radius 1 is 1.30 bits per heavy atom. The van der Waals surface area contributed by atoms with Crippen LogP contribution in [0.5, 0.6) is 0 Å². The molecule has 6 nitrogen and oxygen atoms in total. The van der Waals surface area contributed by atoms with Crippen LogP contribution >= 0.6 is 0 Å². The number of rotatable bonds is 6. The molecule has 0 aliphatic heterocycles. The van der Waals surface area contributed by atoms with Gasteiger partial charge in [-0.25, -0.2) is 4.79 Å². The van der Waals surface area contributed by atoms with Crippen molar-refractivity contribution >= 4 is 11.7 Å². The molecule has 1 aromatic heterocycles. The molecule has 1 atom stereocenters. The van der Waals surface area contributed by atoms with Crippen molar-refractivity contribution in [1.82, 2.24) is 4.98 Å². The normalized spacial score (nSPS) is 21.9. The van der Waals surface area contributed by atoms with E-state index in [-0.39, 0.29) is 5.92 Å². The summed E-state index contributed by atoms with van der Waals surface area (Å²) in [5.41, 5.74) is 2.01. The molecule has 0 fully saturated rings. The molecule has 1 aromatic rings. The van der Waals surface area contributed by atoms with E-state index in [1.165, 1.54) is 7.11 Å². The summed E-state index contributed by atoms with van der Waals surface area (Å²) >= 11 is 0. The highest BCUT2D eigenvalue weighted by Crippen LogP contribution is 2.28. The van der Waals surface area contributed by atoms with Crippen molar-refractivity contribution in [3.05, 3.63) is 59.8 Å². The average molecular weight is 372 g/mol. The Morgan fingerprint density at radius 3 is 2.81 bits per heavy atom. The molecule has 6 heteroatoms. The first kappa shape index (κ1) is 20.6. The van der Waals surface area contributed by atoms with E-state index in [2.05, 4.69) is 23.0 Å². The number of carbonyl (C=O) groups is 1. The molecule has 0 amide bonds. The summed E-state index contributed by atoms with van der Waals surface area (Å²) in [7, 11) is 4.66. The molecular formula is C21H28N2O4. The zero-order chi connectivity index (χ0) is 19.6. The SMILES string of the molecule is C=C1/C(OC)=C\C(OC)=C/CCCCC1CNc1cnccc1C(=O)OC. The third-order valence-electron chi connectivity index (χ3n) is 4.66. The van der Waals surface area contributed by atoms with Crippen LogP contribution in [0.4, 0.5) is 5.69 Å². The van der Waals surface area contributed by atoms with Gasteiger partial charge in [0.25, 0.3) is 0 Å². The molecule has 0 aromatic carbocycles. The molecular weight excluding hydrogens is 344 g/mol. The third-order valence-corrected chi connectivity index (χ3v) is 4.66. The lowest BCUT2D eigenvalue weighted by molar-refractivity contribution is 0.0601. The molecule has 1 N–H and O–H groups in total. The van der Waals surface area contributed by atoms with Gasteiger partial charge < -0.3 is 19.5 Å².